The molecule has 3 rings (SSSR count). The van der Waals surface area contributed by atoms with Crippen LogP contribution in [0.15, 0.2) is 0 Å². The summed E-state index contributed by atoms with van der Waals surface area (Å²) in [5, 5.41) is 0. The molecule has 0 aromatic rings. The van der Waals surface area contributed by atoms with Crippen molar-refractivity contribution in [2.45, 2.75) is 73.6 Å². The fourth-order valence-electron chi connectivity index (χ4n) is 5.14. The normalized spacial score (nSPS) is 45.5. The van der Waals surface area contributed by atoms with Gasteiger partial charge in [0.25, 0.3) is 0 Å². The van der Waals surface area contributed by atoms with Gasteiger partial charge in [0.15, 0.2) is 0 Å². The third-order valence-electron chi connectivity index (χ3n) is 7.12. The molecule has 0 nitrogen and oxygen atoms in total. The Morgan fingerprint density at radius 1 is 1.18 bits per heavy atom. The predicted molar refractivity (Wildman–Crippen MR) is 76.0 cm³/mol. The van der Waals surface area contributed by atoms with E-state index in [0.717, 1.165) is 23.7 Å². The molecule has 3 aliphatic carbocycles. The summed E-state index contributed by atoms with van der Waals surface area (Å²) in [6.07, 6.45) is 7.23. The molecule has 3 fully saturated rings. The Bertz CT molecular complexity index is 278. The van der Waals surface area contributed by atoms with Crippen LogP contribution in [-0.4, -0.2) is 0 Å². The largest absolute Gasteiger partial charge is 0.0654 e. The van der Waals surface area contributed by atoms with Gasteiger partial charge in [-0.1, -0.05) is 60.8 Å². The summed E-state index contributed by atoms with van der Waals surface area (Å²) in [7, 11) is 0. The van der Waals surface area contributed by atoms with Gasteiger partial charge in [-0.05, 0) is 47.3 Å². The Morgan fingerprint density at radius 3 is 2.29 bits per heavy atom. The van der Waals surface area contributed by atoms with Crippen LogP contribution in [-0.2, 0) is 0 Å². The van der Waals surface area contributed by atoms with Crippen LogP contribution in [0.5, 0.6) is 0 Å². The van der Waals surface area contributed by atoms with Crippen LogP contribution in [0.25, 0.3) is 0 Å². The molecule has 17 heavy (non-hydrogen) atoms. The van der Waals surface area contributed by atoms with Crippen molar-refractivity contribution in [2.24, 2.45) is 34.5 Å². The zero-order valence-corrected chi connectivity index (χ0v) is 12.8. The maximum Gasteiger partial charge on any atom is -0.0215 e. The maximum absolute atomic E-state index is 2.61. The lowest BCUT2D eigenvalue weighted by molar-refractivity contribution is -0.204. The van der Waals surface area contributed by atoms with Gasteiger partial charge in [0.2, 0.25) is 0 Å². The van der Waals surface area contributed by atoms with E-state index < -0.39 is 0 Å². The first-order chi connectivity index (χ1) is 7.88. The molecule has 0 aromatic heterocycles. The third-order valence-corrected chi connectivity index (χ3v) is 7.12. The average molecular weight is 236 g/mol. The zero-order valence-electron chi connectivity index (χ0n) is 12.8. The molecule has 0 radical (unpaired) electrons. The van der Waals surface area contributed by atoms with Crippen molar-refractivity contribution in [3.8, 4) is 0 Å². The fourth-order valence-corrected chi connectivity index (χ4v) is 5.14. The Kier molecular flexibility index (Phi) is 3.38. The zero-order chi connectivity index (χ0) is 12.8. The summed E-state index contributed by atoms with van der Waals surface area (Å²) in [6, 6.07) is 0. The van der Waals surface area contributed by atoms with E-state index in [4.69, 9.17) is 0 Å². The van der Waals surface area contributed by atoms with Crippen LogP contribution in [0.1, 0.15) is 73.6 Å². The highest BCUT2D eigenvalue weighted by atomic mass is 14.7. The Hall–Kier alpha value is 0. The minimum absolute atomic E-state index is 0.534. The minimum atomic E-state index is 0.534. The summed E-state index contributed by atoms with van der Waals surface area (Å²) < 4.78 is 0. The Balaban J connectivity index is 2.17. The quantitative estimate of drug-likeness (QED) is 0.603. The molecule has 0 saturated heterocycles. The predicted octanol–water partition coefficient (Wildman–Crippen LogP) is 5.52. The van der Waals surface area contributed by atoms with Crippen molar-refractivity contribution in [3.63, 3.8) is 0 Å². The van der Waals surface area contributed by atoms with Gasteiger partial charge in [0.1, 0.15) is 0 Å². The van der Waals surface area contributed by atoms with Crippen molar-refractivity contribution in [1.82, 2.24) is 0 Å². The van der Waals surface area contributed by atoms with Crippen LogP contribution < -0.4 is 0 Å². The van der Waals surface area contributed by atoms with Gasteiger partial charge in [-0.2, -0.15) is 0 Å². The van der Waals surface area contributed by atoms with E-state index in [1.807, 2.05) is 0 Å². The molecule has 100 valence electrons. The highest BCUT2D eigenvalue weighted by Crippen LogP contribution is 2.70. The van der Waals surface area contributed by atoms with Crippen molar-refractivity contribution in [1.29, 1.82) is 0 Å². The van der Waals surface area contributed by atoms with E-state index >= 15 is 0 Å². The minimum Gasteiger partial charge on any atom is -0.0654 e. The molecule has 2 bridgehead atoms. The molecular weight excluding hydrogens is 204 g/mol. The van der Waals surface area contributed by atoms with Crippen LogP contribution in [0.3, 0.4) is 0 Å². The van der Waals surface area contributed by atoms with Crippen LogP contribution in [0.2, 0.25) is 0 Å². The summed E-state index contributed by atoms with van der Waals surface area (Å²) in [4.78, 5) is 0. The maximum atomic E-state index is 2.61. The summed E-state index contributed by atoms with van der Waals surface area (Å²) >= 11 is 0. The van der Waals surface area contributed by atoms with Crippen LogP contribution in [0, 0.1) is 34.5 Å². The number of fused-ring (bicyclic) bond motifs is 2. The molecule has 5 atom stereocenters. The van der Waals surface area contributed by atoms with E-state index in [1.54, 1.807) is 0 Å². The van der Waals surface area contributed by atoms with Crippen LogP contribution >= 0.6 is 0 Å². The standard InChI is InChI=1S/C17H32/c1-7-9-13-10-14-11-15(12(13)3)17(14,6)16(4,5)8-2/h12-15H,7-11H2,1-6H3/t12-,13?,14+,15+,17?/m1/s1. The first kappa shape index (κ1) is 13.4. The number of hydrogen-bond donors (Lipinski definition) is 0. The molecule has 0 aromatic carbocycles. The van der Waals surface area contributed by atoms with E-state index in [2.05, 4.69) is 41.5 Å². The molecule has 0 amide bonds. The fraction of sp³-hybridized carbons (Fsp3) is 1.00. The molecule has 3 saturated carbocycles. The molecule has 0 heteroatoms. The Morgan fingerprint density at radius 2 is 1.82 bits per heavy atom. The lowest BCUT2D eigenvalue weighted by Gasteiger charge is -2.69. The molecule has 2 unspecified atom stereocenters. The van der Waals surface area contributed by atoms with Gasteiger partial charge in [-0.3, -0.25) is 0 Å². The molecule has 0 aliphatic heterocycles. The van der Waals surface area contributed by atoms with E-state index in [-0.39, 0.29) is 0 Å². The number of hydrogen-bond acceptors (Lipinski definition) is 0. The molecule has 0 N–H and O–H groups in total. The van der Waals surface area contributed by atoms with E-state index in [9.17, 15) is 0 Å². The number of rotatable bonds is 4. The second kappa shape index (κ2) is 4.28. The van der Waals surface area contributed by atoms with Crippen molar-refractivity contribution in [2.75, 3.05) is 0 Å². The summed E-state index contributed by atoms with van der Waals surface area (Å²) in [5.74, 6) is 4.03. The third kappa shape index (κ3) is 1.70. The second-order valence-electron chi connectivity index (χ2n) is 7.70. The first-order valence-corrected chi connectivity index (χ1v) is 7.88. The molecule has 0 spiro atoms. The smallest absolute Gasteiger partial charge is 0.0215 e. The van der Waals surface area contributed by atoms with Crippen molar-refractivity contribution >= 4 is 0 Å². The van der Waals surface area contributed by atoms with Gasteiger partial charge in [-0.15, -0.1) is 0 Å². The van der Waals surface area contributed by atoms with Crippen LogP contribution in [0.4, 0.5) is 0 Å². The lowest BCUT2D eigenvalue weighted by Crippen LogP contribution is -2.62. The van der Waals surface area contributed by atoms with Gasteiger partial charge in [0, 0.05) is 0 Å². The average Bonchev–Trinajstić information content (AvgIpc) is 2.29. The highest BCUT2D eigenvalue weighted by Gasteiger charge is 2.63. The molecule has 0 heterocycles. The van der Waals surface area contributed by atoms with E-state index in [0.29, 0.717) is 10.8 Å². The topological polar surface area (TPSA) is 0 Å². The van der Waals surface area contributed by atoms with Gasteiger partial charge < -0.3 is 0 Å². The Labute approximate surface area is 109 Å². The van der Waals surface area contributed by atoms with Gasteiger partial charge in [-0.25, -0.2) is 0 Å². The van der Waals surface area contributed by atoms with Crippen molar-refractivity contribution < 1.29 is 0 Å². The molecular formula is C17H32. The second-order valence-corrected chi connectivity index (χ2v) is 7.70. The van der Waals surface area contributed by atoms with Gasteiger partial charge in [0.05, 0.1) is 0 Å². The SMILES string of the molecule is CCCC1C[C@H]2C[C@@H]([C@@H]1C)C2(C)C(C)(C)CC. The van der Waals surface area contributed by atoms with Gasteiger partial charge >= 0.3 is 0 Å². The molecule has 3 aliphatic rings. The lowest BCUT2D eigenvalue weighted by atomic mass is 9.36. The van der Waals surface area contributed by atoms with E-state index in [1.165, 1.54) is 32.1 Å². The summed E-state index contributed by atoms with van der Waals surface area (Å²) in [6.45, 7) is 14.9. The first-order valence-electron chi connectivity index (χ1n) is 7.88. The monoisotopic (exact) mass is 236 g/mol. The summed E-state index contributed by atoms with van der Waals surface area (Å²) in [5.41, 5.74) is 1.16. The highest BCUT2D eigenvalue weighted by molar-refractivity contribution is 5.11. The van der Waals surface area contributed by atoms with Crippen molar-refractivity contribution in [3.05, 3.63) is 0 Å².